The van der Waals surface area contributed by atoms with Crippen LogP contribution >= 0.6 is 27.5 Å². The van der Waals surface area contributed by atoms with Gasteiger partial charge >= 0.3 is 6.18 Å². The summed E-state index contributed by atoms with van der Waals surface area (Å²) in [4.78, 5) is 11.9. The van der Waals surface area contributed by atoms with Crippen LogP contribution in [0, 0.1) is 5.82 Å². The van der Waals surface area contributed by atoms with E-state index in [0.29, 0.717) is 4.47 Å². The van der Waals surface area contributed by atoms with E-state index in [1.165, 1.54) is 24.3 Å². The number of anilines is 1. The van der Waals surface area contributed by atoms with Crippen LogP contribution in [0.15, 0.2) is 40.9 Å². The van der Waals surface area contributed by atoms with Crippen molar-refractivity contribution in [2.75, 3.05) is 5.32 Å². The van der Waals surface area contributed by atoms with E-state index in [4.69, 9.17) is 11.6 Å². The van der Waals surface area contributed by atoms with Gasteiger partial charge in [-0.1, -0.05) is 27.5 Å². The molecule has 1 amide bonds. The van der Waals surface area contributed by atoms with E-state index in [1.807, 2.05) is 0 Å². The molecule has 0 fully saturated rings. The number of nitrogens with one attached hydrogen (secondary N) is 1. The minimum Gasteiger partial charge on any atom is -0.326 e. The molecule has 2 rings (SSSR count). The molecule has 0 aliphatic heterocycles. The van der Waals surface area contributed by atoms with Crippen LogP contribution in [0.4, 0.5) is 23.2 Å². The van der Waals surface area contributed by atoms with Gasteiger partial charge in [0.25, 0.3) is 0 Å². The monoisotopic (exact) mass is 409 g/mol. The Morgan fingerprint density at radius 2 is 1.87 bits per heavy atom. The van der Waals surface area contributed by atoms with Gasteiger partial charge in [0.05, 0.1) is 17.0 Å². The van der Waals surface area contributed by atoms with Gasteiger partial charge in [-0.25, -0.2) is 4.39 Å². The Kier molecular flexibility index (Phi) is 5.31. The first-order valence-electron chi connectivity index (χ1n) is 6.27. The van der Waals surface area contributed by atoms with E-state index < -0.39 is 28.5 Å². The molecule has 0 saturated heterocycles. The molecule has 2 aromatic carbocycles. The number of halogens is 6. The third kappa shape index (κ3) is 4.68. The van der Waals surface area contributed by atoms with Crippen LogP contribution in [-0.2, 0) is 17.4 Å². The van der Waals surface area contributed by atoms with Gasteiger partial charge in [0.2, 0.25) is 5.91 Å². The van der Waals surface area contributed by atoms with Gasteiger partial charge in [-0.3, -0.25) is 4.79 Å². The highest BCUT2D eigenvalue weighted by Crippen LogP contribution is 2.36. The van der Waals surface area contributed by atoms with Crippen molar-refractivity contribution in [3.8, 4) is 0 Å². The molecular formula is C15H9BrClF4NO. The molecule has 0 spiro atoms. The van der Waals surface area contributed by atoms with Crippen molar-refractivity contribution in [1.29, 1.82) is 0 Å². The second-order valence-corrected chi connectivity index (χ2v) is 5.98. The molecule has 0 radical (unpaired) electrons. The molecule has 0 aliphatic rings. The zero-order valence-electron chi connectivity index (χ0n) is 11.3. The Labute approximate surface area is 142 Å². The number of hydrogen-bond acceptors (Lipinski definition) is 1. The van der Waals surface area contributed by atoms with Crippen molar-refractivity contribution < 1.29 is 22.4 Å². The maximum absolute atomic E-state index is 13.6. The Hall–Kier alpha value is -1.60. The largest absolute Gasteiger partial charge is 0.417 e. The van der Waals surface area contributed by atoms with Crippen LogP contribution in [0.1, 0.15) is 11.1 Å². The fraction of sp³-hybridized carbons (Fsp3) is 0.133. The maximum atomic E-state index is 13.6. The average molecular weight is 411 g/mol. The summed E-state index contributed by atoms with van der Waals surface area (Å²) >= 11 is 8.65. The van der Waals surface area contributed by atoms with Crippen LogP contribution in [-0.4, -0.2) is 5.91 Å². The van der Waals surface area contributed by atoms with E-state index in [9.17, 15) is 22.4 Å². The van der Waals surface area contributed by atoms with E-state index in [2.05, 4.69) is 21.2 Å². The standard InChI is InChI=1S/C15H9BrClF4NO/c16-9-1-4-13(18)8(5-9)6-14(23)22-10-2-3-12(17)11(7-10)15(19,20)21/h1-5,7H,6H2,(H,22,23). The first-order valence-corrected chi connectivity index (χ1v) is 7.44. The lowest BCUT2D eigenvalue weighted by molar-refractivity contribution is -0.137. The third-order valence-corrected chi connectivity index (χ3v) is 3.74. The lowest BCUT2D eigenvalue weighted by Crippen LogP contribution is -2.16. The summed E-state index contributed by atoms with van der Waals surface area (Å²) in [5.74, 6) is -1.21. The zero-order chi connectivity index (χ0) is 17.2. The van der Waals surface area contributed by atoms with Crippen molar-refractivity contribution in [3.05, 3.63) is 62.8 Å². The van der Waals surface area contributed by atoms with Crippen molar-refractivity contribution in [1.82, 2.24) is 0 Å². The number of carbonyl (C=O) groups excluding carboxylic acids is 1. The van der Waals surface area contributed by atoms with Gasteiger partial charge in [0.1, 0.15) is 5.82 Å². The van der Waals surface area contributed by atoms with Crippen molar-refractivity contribution in [2.24, 2.45) is 0 Å². The number of rotatable bonds is 3. The molecule has 23 heavy (non-hydrogen) atoms. The van der Waals surface area contributed by atoms with Gasteiger partial charge in [-0.05, 0) is 42.0 Å². The molecule has 0 unspecified atom stereocenters. The first-order chi connectivity index (χ1) is 10.7. The summed E-state index contributed by atoms with van der Waals surface area (Å²) < 4.78 is 52.4. The first kappa shape index (κ1) is 17.7. The van der Waals surface area contributed by atoms with E-state index in [-0.39, 0.29) is 17.7 Å². The van der Waals surface area contributed by atoms with E-state index in [1.54, 1.807) is 0 Å². The molecule has 0 saturated carbocycles. The summed E-state index contributed by atoms with van der Waals surface area (Å²) in [5, 5.41) is 1.83. The molecular weight excluding hydrogens is 402 g/mol. The van der Waals surface area contributed by atoms with E-state index in [0.717, 1.165) is 12.1 Å². The SMILES string of the molecule is O=C(Cc1cc(Br)ccc1F)Nc1ccc(Cl)c(C(F)(F)F)c1. The van der Waals surface area contributed by atoms with Crippen LogP contribution < -0.4 is 5.32 Å². The summed E-state index contributed by atoms with van der Waals surface area (Å²) in [7, 11) is 0. The summed E-state index contributed by atoms with van der Waals surface area (Å²) in [6, 6.07) is 7.12. The predicted octanol–water partition coefficient (Wildman–Crippen LogP) is 5.44. The second kappa shape index (κ2) is 6.88. The molecule has 122 valence electrons. The Morgan fingerprint density at radius 1 is 1.17 bits per heavy atom. The van der Waals surface area contributed by atoms with Crippen molar-refractivity contribution in [2.45, 2.75) is 12.6 Å². The molecule has 1 N–H and O–H groups in total. The smallest absolute Gasteiger partial charge is 0.326 e. The molecule has 0 aliphatic carbocycles. The second-order valence-electron chi connectivity index (χ2n) is 4.65. The quantitative estimate of drug-likeness (QED) is 0.671. The molecule has 2 nitrogen and oxygen atoms in total. The van der Waals surface area contributed by atoms with Crippen LogP contribution in [0.5, 0.6) is 0 Å². The minimum absolute atomic E-state index is 0.0675. The number of carbonyl (C=O) groups is 1. The molecule has 0 heterocycles. The Bertz CT molecular complexity index is 749. The summed E-state index contributed by atoms with van der Waals surface area (Å²) in [6.07, 6.45) is -4.94. The number of hydrogen-bond donors (Lipinski definition) is 1. The average Bonchev–Trinajstić information content (AvgIpc) is 2.44. The van der Waals surface area contributed by atoms with Gasteiger partial charge in [-0.15, -0.1) is 0 Å². The van der Waals surface area contributed by atoms with Crippen molar-refractivity contribution in [3.63, 3.8) is 0 Å². The molecule has 2 aromatic rings. The fourth-order valence-corrected chi connectivity index (χ4v) is 2.51. The molecule has 0 bridgehead atoms. The van der Waals surface area contributed by atoms with Gasteiger partial charge in [-0.2, -0.15) is 13.2 Å². The lowest BCUT2D eigenvalue weighted by atomic mass is 10.1. The van der Waals surface area contributed by atoms with Gasteiger partial charge < -0.3 is 5.32 Å². The number of benzene rings is 2. The Balaban J connectivity index is 2.16. The highest BCUT2D eigenvalue weighted by atomic mass is 79.9. The molecule has 0 atom stereocenters. The fourth-order valence-electron chi connectivity index (χ4n) is 1.88. The summed E-state index contributed by atoms with van der Waals surface area (Å²) in [6.45, 7) is 0. The zero-order valence-corrected chi connectivity index (χ0v) is 13.7. The molecule has 8 heteroatoms. The van der Waals surface area contributed by atoms with Gasteiger partial charge in [0.15, 0.2) is 0 Å². The number of amides is 1. The maximum Gasteiger partial charge on any atom is 0.417 e. The van der Waals surface area contributed by atoms with E-state index >= 15 is 0 Å². The highest BCUT2D eigenvalue weighted by molar-refractivity contribution is 9.10. The van der Waals surface area contributed by atoms with Crippen LogP contribution in [0.3, 0.4) is 0 Å². The lowest BCUT2D eigenvalue weighted by Gasteiger charge is -2.12. The third-order valence-electron chi connectivity index (χ3n) is 2.91. The summed E-state index contributed by atoms with van der Waals surface area (Å²) in [5.41, 5.74) is -0.991. The van der Waals surface area contributed by atoms with Crippen LogP contribution in [0.2, 0.25) is 5.02 Å². The number of alkyl halides is 3. The normalized spacial score (nSPS) is 11.4. The van der Waals surface area contributed by atoms with Crippen molar-refractivity contribution >= 4 is 39.1 Å². The highest BCUT2D eigenvalue weighted by Gasteiger charge is 2.33. The predicted molar refractivity (Wildman–Crippen MR) is 82.9 cm³/mol. The topological polar surface area (TPSA) is 29.1 Å². The minimum atomic E-state index is -4.63. The molecule has 0 aromatic heterocycles. The Morgan fingerprint density at radius 3 is 2.52 bits per heavy atom. The van der Waals surface area contributed by atoms with Crippen LogP contribution in [0.25, 0.3) is 0 Å². The van der Waals surface area contributed by atoms with Gasteiger partial charge in [0, 0.05) is 10.2 Å².